The van der Waals surface area contributed by atoms with E-state index in [0.29, 0.717) is 6.54 Å². The number of benzene rings is 2. The minimum absolute atomic E-state index is 0.0610. The fraction of sp³-hybridized carbons (Fsp3) is 0.294. The largest absolute Gasteiger partial charge is 0.380 e. The molecular weight excluding hydrogens is 262 g/mol. The fourth-order valence-electron chi connectivity index (χ4n) is 2.03. The molecule has 0 saturated heterocycles. The van der Waals surface area contributed by atoms with Crippen molar-refractivity contribution in [1.82, 2.24) is 5.48 Å². The van der Waals surface area contributed by atoms with Crippen LogP contribution in [0.5, 0.6) is 0 Å². The molecule has 0 aromatic heterocycles. The Morgan fingerprint density at radius 2 is 1.29 bits per heavy atom. The van der Waals surface area contributed by atoms with Crippen molar-refractivity contribution in [3.05, 3.63) is 54.1 Å². The highest BCUT2D eigenvalue weighted by atomic mass is 16.5. The minimum Gasteiger partial charge on any atom is -0.380 e. The molecule has 0 heterocycles. The second kappa shape index (κ2) is 6.61. The van der Waals surface area contributed by atoms with E-state index in [2.05, 4.69) is 61.2 Å². The Morgan fingerprint density at radius 1 is 0.810 bits per heavy atom. The molecule has 0 saturated carbocycles. The average Bonchev–Trinajstić information content (AvgIpc) is 2.42. The summed E-state index contributed by atoms with van der Waals surface area (Å²) in [4.78, 5) is 0. The molecule has 0 fully saturated rings. The lowest BCUT2D eigenvalue weighted by Crippen LogP contribution is -2.25. The number of hydroxylamine groups is 1. The van der Waals surface area contributed by atoms with E-state index in [0.717, 1.165) is 22.6 Å². The zero-order chi connectivity index (χ0) is 15.3. The Morgan fingerprint density at radius 3 is 1.76 bits per heavy atom. The van der Waals surface area contributed by atoms with Crippen molar-refractivity contribution in [1.29, 1.82) is 0 Å². The summed E-state index contributed by atoms with van der Waals surface area (Å²) in [6.45, 7) is 6.87. The summed E-state index contributed by atoms with van der Waals surface area (Å²) in [5, 5.41) is 15.4. The summed E-state index contributed by atoms with van der Waals surface area (Å²) in [6, 6.07) is 16.2. The van der Waals surface area contributed by atoms with Gasteiger partial charge in [0.2, 0.25) is 0 Å². The van der Waals surface area contributed by atoms with Gasteiger partial charge in [-0.15, -0.1) is 0 Å². The van der Waals surface area contributed by atoms with E-state index < -0.39 is 0 Å². The Bertz CT molecular complexity index is 556. The van der Waals surface area contributed by atoms with Gasteiger partial charge in [-0.25, -0.2) is 5.48 Å². The van der Waals surface area contributed by atoms with Gasteiger partial charge < -0.3 is 15.8 Å². The van der Waals surface area contributed by atoms with Crippen LogP contribution >= 0.6 is 0 Å². The molecule has 0 aliphatic heterocycles. The monoisotopic (exact) mass is 285 g/mol. The van der Waals surface area contributed by atoms with Gasteiger partial charge in [-0.1, -0.05) is 12.1 Å². The maximum Gasteiger partial charge on any atom is 0.0458 e. The summed E-state index contributed by atoms with van der Waals surface area (Å²) in [5.41, 5.74) is 6.42. The number of hydrogen-bond donors (Lipinski definition) is 4. The van der Waals surface area contributed by atoms with E-state index in [4.69, 9.17) is 5.21 Å². The smallest absolute Gasteiger partial charge is 0.0458 e. The van der Waals surface area contributed by atoms with Crippen LogP contribution in [-0.4, -0.2) is 10.7 Å². The summed E-state index contributed by atoms with van der Waals surface area (Å²) in [5.74, 6) is 0. The Hall–Kier alpha value is -2.04. The number of rotatable bonds is 5. The first kappa shape index (κ1) is 15.4. The molecule has 2 aromatic carbocycles. The zero-order valence-corrected chi connectivity index (χ0v) is 12.8. The molecule has 0 aliphatic rings. The predicted octanol–water partition coefficient (Wildman–Crippen LogP) is 4.12. The van der Waals surface area contributed by atoms with Crippen LogP contribution in [0.1, 0.15) is 26.3 Å². The second-order valence-electron chi connectivity index (χ2n) is 6.11. The third-order valence-electron chi connectivity index (χ3n) is 2.93. The van der Waals surface area contributed by atoms with Crippen LogP contribution in [0.15, 0.2) is 48.5 Å². The number of nitrogens with one attached hydrogen (secondary N) is 3. The molecular formula is C17H23N3O. The normalized spacial score (nSPS) is 11.2. The zero-order valence-electron chi connectivity index (χ0n) is 12.8. The summed E-state index contributed by atoms with van der Waals surface area (Å²) in [6.07, 6.45) is 0. The molecule has 0 radical (unpaired) electrons. The van der Waals surface area contributed by atoms with Crippen molar-refractivity contribution in [3.8, 4) is 0 Å². The average molecular weight is 285 g/mol. The van der Waals surface area contributed by atoms with Crippen LogP contribution in [-0.2, 0) is 6.54 Å². The molecule has 0 spiro atoms. The highest BCUT2D eigenvalue weighted by Crippen LogP contribution is 2.21. The standard InChI is InChI=1S/C17H23N3O/c1-17(2,3)20-16-10-8-15(9-11-16)19-14-6-4-13(5-7-14)12-18-21/h4-11,18-21H,12H2,1-3H3. The van der Waals surface area contributed by atoms with E-state index in [1.54, 1.807) is 0 Å². The highest BCUT2D eigenvalue weighted by molar-refractivity contribution is 5.62. The molecule has 0 bridgehead atoms. The third-order valence-corrected chi connectivity index (χ3v) is 2.93. The maximum absolute atomic E-state index is 8.66. The highest BCUT2D eigenvalue weighted by Gasteiger charge is 2.08. The second-order valence-corrected chi connectivity index (χ2v) is 6.11. The maximum atomic E-state index is 8.66. The summed E-state index contributed by atoms with van der Waals surface area (Å²) >= 11 is 0. The van der Waals surface area contributed by atoms with Gasteiger partial charge >= 0.3 is 0 Å². The van der Waals surface area contributed by atoms with E-state index in [1.807, 2.05) is 24.3 Å². The predicted molar refractivity (Wildman–Crippen MR) is 88.2 cm³/mol. The quantitative estimate of drug-likeness (QED) is 0.624. The van der Waals surface area contributed by atoms with Gasteiger partial charge in [0.05, 0.1) is 0 Å². The van der Waals surface area contributed by atoms with Gasteiger partial charge in [-0.2, -0.15) is 0 Å². The van der Waals surface area contributed by atoms with Crippen molar-refractivity contribution in [2.75, 3.05) is 10.6 Å². The van der Waals surface area contributed by atoms with Crippen LogP contribution < -0.4 is 16.1 Å². The molecule has 4 heteroatoms. The van der Waals surface area contributed by atoms with E-state index in [1.165, 1.54) is 0 Å². The van der Waals surface area contributed by atoms with Crippen molar-refractivity contribution < 1.29 is 5.21 Å². The molecule has 0 atom stereocenters. The molecule has 0 amide bonds. The van der Waals surface area contributed by atoms with Gasteiger partial charge in [0.1, 0.15) is 0 Å². The van der Waals surface area contributed by atoms with Crippen molar-refractivity contribution in [2.45, 2.75) is 32.9 Å². The fourth-order valence-corrected chi connectivity index (χ4v) is 2.03. The SMILES string of the molecule is CC(C)(C)Nc1ccc(Nc2ccc(CNO)cc2)cc1. The van der Waals surface area contributed by atoms with Gasteiger partial charge in [-0.05, 0) is 62.7 Å². The van der Waals surface area contributed by atoms with E-state index >= 15 is 0 Å². The first-order chi connectivity index (χ1) is 9.96. The van der Waals surface area contributed by atoms with Crippen molar-refractivity contribution >= 4 is 17.1 Å². The van der Waals surface area contributed by atoms with Crippen LogP contribution in [0, 0.1) is 0 Å². The molecule has 2 aromatic rings. The van der Waals surface area contributed by atoms with Crippen LogP contribution in [0.4, 0.5) is 17.1 Å². The Labute approximate surface area is 126 Å². The molecule has 0 aliphatic carbocycles. The van der Waals surface area contributed by atoms with Crippen LogP contribution in [0.2, 0.25) is 0 Å². The molecule has 0 unspecified atom stereocenters. The molecule has 21 heavy (non-hydrogen) atoms. The minimum atomic E-state index is 0.0610. The topological polar surface area (TPSA) is 56.3 Å². The van der Waals surface area contributed by atoms with Crippen LogP contribution in [0.3, 0.4) is 0 Å². The lowest BCUT2D eigenvalue weighted by atomic mass is 10.1. The lowest BCUT2D eigenvalue weighted by molar-refractivity contribution is 0.161. The molecule has 4 nitrogen and oxygen atoms in total. The first-order valence-corrected chi connectivity index (χ1v) is 7.07. The first-order valence-electron chi connectivity index (χ1n) is 7.07. The number of anilines is 3. The third kappa shape index (κ3) is 5.10. The van der Waals surface area contributed by atoms with E-state index in [9.17, 15) is 0 Å². The van der Waals surface area contributed by atoms with Gasteiger partial charge in [-0.3, -0.25) is 0 Å². The molecule has 2 rings (SSSR count). The Kier molecular flexibility index (Phi) is 4.83. The van der Waals surface area contributed by atoms with Gasteiger partial charge in [0.25, 0.3) is 0 Å². The van der Waals surface area contributed by atoms with Gasteiger partial charge in [0, 0.05) is 29.1 Å². The van der Waals surface area contributed by atoms with Crippen molar-refractivity contribution in [2.24, 2.45) is 0 Å². The molecule has 112 valence electrons. The molecule has 4 N–H and O–H groups in total. The van der Waals surface area contributed by atoms with Crippen molar-refractivity contribution in [3.63, 3.8) is 0 Å². The Balaban J connectivity index is 1.99. The lowest BCUT2D eigenvalue weighted by Gasteiger charge is -2.22. The van der Waals surface area contributed by atoms with E-state index in [-0.39, 0.29) is 5.54 Å². The summed E-state index contributed by atoms with van der Waals surface area (Å²) < 4.78 is 0. The summed E-state index contributed by atoms with van der Waals surface area (Å²) in [7, 11) is 0. The van der Waals surface area contributed by atoms with Crippen LogP contribution in [0.25, 0.3) is 0 Å². The van der Waals surface area contributed by atoms with Gasteiger partial charge in [0.15, 0.2) is 0 Å². The number of hydrogen-bond acceptors (Lipinski definition) is 4.